The quantitative estimate of drug-likeness (QED) is 0.740. The molecule has 1 heteroatoms. The molecule has 1 unspecified atom stereocenters. The van der Waals surface area contributed by atoms with Gasteiger partial charge in [0.05, 0.1) is 0 Å². The average Bonchev–Trinajstić information content (AvgIpc) is 2.80. The molecule has 0 amide bonds. The van der Waals surface area contributed by atoms with Gasteiger partial charge in [0.2, 0.25) is 0 Å². The molecule has 0 aliphatic heterocycles. The number of benzene rings is 1. The minimum atomic E-state index is 0.301. The van der Waals surface area contributed by atoms with E-state index in [0.29, 0.717) is 5.41 Å². The fraction of sp³-hybridized carbons (Fsp3) is 0.500. The monoisotopic (exact) mass is 229 g/mol. The van der Waals surface area contributed by atoms with Gasteiger partial charge >= 0.3 is 0 Å². The zero-order chi connectivity index (χ0) is 12.3. The van der Waals surface area contributed by atoms with Crippen LogP contribution in [0.15, 0.2) is 30.3 Å². The van der Waals surface area contributed by atoms with Crippen LogP contribution in [0.3, 0.4) is 0 Å². The lowest BCUT2D eigenvalue weighted by Gasteiger charge is -2.27. The Morgan fingerprint density at radius 1 is 1.18 bits per heavy atom. The molecule has 0 aliphatic rings. The third-order valence-electron chi connectivity index (χ3n) is 4.04. The van der Waals surface area contributed by atoms with Crippen molar-refractivity contribution in [3.05, 3.63) is 36.0 Å². The molecular weight excluding hydrogens is 206 g/mol. The lowest BCUT2D eigenvalue weighted by molar-refractivity contribution is 0.395. The maximum Gasteiger partial charge on any atom is 0.0456 e. The highest BCUT2D eigenvalue weighted by Crippen LogP contribution is 2.34. The van der Waals surface area contributed by atoms with E-state index in [1.165, 1.54) is 42.3 Å². The first-order valence-electron chi connectivity index (χ1n) is 6.78. The predicted molar refractivity (Wildman–Crippen MR) is 75.5 cm³/mol. The number of nitrogens with one attached hydrogen (secondary N) is 1. The number of aromatic nitrogens is 1. The summed E-state index contributed by atoms with van der Waals surface area (Å²) in [6, 6.07) is 10.9. The highest BCUT2D eigenvalue weighted by molar-refractivity contribution is 5.80. The molecule has 1 aromatic carbocycles. The Hall–Kier alpha value is -1.24. The molecule has 1 atom stereocenters. The normalized spacial score (nSPS) is 15.0. The van der Waals surface area contributed by atoms with Gasteiger partial charge in [0, 0.05) is 16.6 Å². The van der Waals surface area contributed by atoms with Crippen LogP contribution in [0.25, 0.3) is 10.9 Å². The van der Waals surface area contributed by atoms with Gasteiger partial charge in [0.1, 0.15) is 0 Å². The van der Waals surface area contributed by atoms with Crippen molar-refractivity contribution in [1.82, 2.24) is 4.98 Å². The minimum absolute atomic E-state index is 0.301. The number of hydrogen-bond donors (Lipinski definition) is 1. The maximum absolute atomic E-state index is 3.60. The van der Waals surface area contributed by atoms with E-state index in [1.54, 1.807) is 0 Å². The van der Waals surface area contributed by atoms with Crippen LogP contribution in [-0.4, -0.2) is 4.98 Å². The van der Waals surface area contributed by atoms with Crippen molar-refractivity contribution in [2.75, 3.05) is 0 Å². The summed E-state index contributed by atoms with van der Waals surface area (Å²) in [6.07, 6.45) is 5.04. The van der Waals surface area contributed by atoms with Gasteiger partial charge in [-0.25, -0.2) is 0 Å². The van der Waals surface area contributed by atoms with E-state index in [9.17, 15) is 0 Å². The summed E-state index contributed by atoms with van der Waals surface area (Å²) in [5.74, 6) is 0. The van der Waals surface area contributed by atoms with Gasteiger partial charge in [-0.05, 0) is 30.4 Å². The van der Waals surface area contributed by atoms with Crippen molar-refractivity contribution in [3.8, 4) is 0 Å². The highest BCUT2D eigenvalue weighted by Gasteiger charge is 2.25. The van der Waals surface area contributed by atoms with Crippen molar-refractivity contribution in [2.45, 2.75) is 51.9 Å². The maximum atomic E-state index is 3.60. The molecule has 1 heterocycles. The summed E-state index contributed by atoms with van der Waals surface area (Å²) in [5.41, 5.74) is 2.96. The lowest BCUT2D eigenvalue weighted by atomic mass is 9.79. The summed E-state index contributed by atoms with van der Waals surface area (Å²) < 4.78 is 0. The first kappa shape index (κ1) is 12.2. The van der Waals surface area contributed by atoms with Crippen LogP contribution in [-0.2, 0) is 5.41 Å². The average molecular weight is 229 g/mol. The molecule has 1 N–H and O–H groups in total. The van der Waals surface area contributed by atoms with E-state index in [2.05, 4.69) is 56.1 Å². The summed E-state index contributed by atoms with van der Waals surface area (Å²) >= 11 is 0. The summed E-state index contributed by atoms with van der Waals surface area (Å²) in [6.45, 7) is 6.94. The Labute approximate surface area is 104 Å². The van der Waals surface area contributed by atoms with Gasteiger partial charge in [0.25, 0.3) is 0 Å². The predicted octanol–water partition coefficient (Wildman–Crippen LogP) is 5.03. The largest absolute Gasteiger partial charge is 0.358 e. The van der Waals surface area contributed by atoms with Gasteiger partial charge in [-0.3, -0.25) is 0 Å². The molecule has 1 aromatic heterocycles. The Balaban J connectivity index is 2.35. The van der Waals surface area contributed by atoms with E-state index in [1.807, 2.05) is 0 Å². The standard InChI is InChI=1S/C16H23N/c1-4-6-11-16(3,5-2)15-12-13-9-7-8-10-14(13)17-15/h7-10,12,17H,4-6,11H2,1-3H3. The van der Waals surface area contributed by atoms with Crippen LogP contribution < -0.4 is 0 Å². The zero-order valence-electron chi connectivity index (χ0n) is 11.2. The second-order valence-corrected chi connectivity index (χ2v) is 5.29. The fourth-order valence-electron chi connectivity index (χ4n) is 2.47. The van der Waals surface area contributed by atoms with E-state index < -0.39 is 0 Å². The Morgan fingerprint density at radius 3 is 2.59 bits per heavy atom. The number of rotatable bonds is 5. The molecule has 92 valence electrons. The third-order valence-corrected chi connectivity index (χ3v) is 4.04. The van der Waals surface area contributed by atoms with Gasteiger partial charge in [-0.2, -0.15) is 0 Å². The number of fused-ring (bicyclic) bond motifs is 1. The Bertz CT molecular complexity index is 450. The fourth-order valence-corrected chi connectivity index (χ4v) is 2.47. The molecule has 0 spiro atoms. The van der Waals surface area contributed by atoms with E-state index in [0.717, 1.165) is 0 Å². The molecule has 0 saturated heterocycles. The first-order chi connectivity index (χ1) is 8.19. The number of aromatic amines is 1. The molecule has 2 aromatic rings. The first-order valence-corrected chi connectivity index (χ1v) is 6.78. The highest BCUT2D eigenvalue weighted by atomic mass is 14.7. The Kier molecular flexibility index (Phi) is 3.56. The third kappa shape index (κ3) is 2.38. The molecule has 1 nitrogen and oxygen atoms in total. The van der Waals surface area contributed by atoms with Crippen LogP contribution in [0, 0.1) is 0 Å². The molecule has 17 heavy (non-hydrogen) atoms. The van der Waals surface area contributed by atoms with E-state index in [4.69, 9.17) is 0 Å². The van der Waals surface area contributed by atoms with Gasteiger partial charge < -0.3 is 4.98 Å². The molecule has 0 radical (unpaired) electrons. The summed E-state index contributed by atoms with van der Waals surface area (Å²) in [5, 5.41) is 1.33. The van der Waals surface area contributed by atoms with Gasteiger partial charge in [0.15, 0.2) is 0 Å². The van der Waals surface area contributed by atoms with Crippen LogP contribution in [0.1, 0.15) is 52.1 Å². The molecule has 0 aliphatic carbocycles. The molecule has 0 saturated carbocycles. The van der Waals surface area contributed by atoms with Crippen LogP contribution in [0.5, 0.6) is 0 Å². The number of para-hydroxylation sites is 1. The number of H-pyrrole nitrogens is 1. The smallest absolute Gasteiger partial charge is 0.0456 e. The molecule has 0 bridgehead atoms. The summed E-state index contributed by atoms with van der Waals surface area (Å²) in [4.78, 5) is 3.60. The van der Waals surface area contributed by atoms with Crippen LogP contribution in [0.4, 0.5) is 0 Å². The number of hydrogen-bond acceptors (Lipinski definition) is 0. The number of unbranched alkanes of at least 4 members (excludes halogenated alkanes) is 1. The van der Waals surface area contributed by atoms with Crippen LogP contribution in [0.2, 0.25) is 0 Å². The van der Waals surface area contributed by atoms with Crippen molar-refractivity contribution in [3.63, 3.8) is 0 Å². The SMILES string of the molecule is CCCCC(C)(CC)c1cc2ccccc2[nH]1. The van der Waals surface area contributed by atoms with Crippen molar-refractivity contribution >= 4 is 10.9 Å². The minimum Gasteiger partial charge on any atom is -0.358 e. The van der Waals surface area contributed by atoms with E-state index in [-0.39, 0.29) is 0 Å². The second-order valence-electron chi connectivity index (χ2n) is 5.29. The van der Waals surface area contributed by atoms with Crippen molar-refractivity contribution < 1.29 is 0 Å². The lowest BCUT2D eigenvalue weighted by Crippen LogP contribution is -2.21. The van der Waals surface area contributed by atoms with E-state index >= 15 is 0 Å². The van der Waals surface area contributed by atoms with Gasteiger partial charge in [-0.15, -0.1) is 0 Å². The second kappa shape index (κ2) is 4.95. The molecular formula is C16H23N. The zero-order valence-corrected chi connectivity index (χ0v) is 11.2. The Morgan fingerprint density at radius 2 is 1.94 bits per heavy atom. The summed E-state index contributed by atoms with van der Waals surface area (Å²) in [7, 11) is 0. The van der Waals surface area contributed by atoms with Gasteiger partial charge in [-0.1, -0.05) is 51.8 Å². The van der Waals surface area contributed by atoms with Crippen LogP contribution >= 0.6 is 0 Å². The van der Waals surface area contributed by atoms with Crippen molar-refractivity contribution in [1.29, 1.82) is 0 Å². The molecule has 0 fully saturated rings. The molecule has 2 rings (SSSR count). The topological polar surface area (TPSA) is 15.8 Å². The van der Waals surface area contributed by atoms with Crippen molar-refractivity contribution in [2.24, 2.45) is 0 Å².